The molecule has 1 fully saturated rings. The number of para-hydroxylation sites is 1. The number of amides is 1. The van der Waals surface area contributed by atoms with Crippen molar-refractivity contribution >= 4 is 16.8 Å². The van der Waals surface area contributed by atoms with Gasteiger partial charge in [-0.05, 0) is 36.6 Å². The summed E-state index contributed by atoms with van der Waals surface area (Å²) in [5.74, 6) is 1.41. The molecular weight excluding hydrogens is 276 g/mol. The van der Waals surface area contributed by atoms with Crippen LogP contribution in [0.15, 0.2) is 53.3 Å². The summed E-state index contributed by atoms with van der Waals surface area (Å²) in [5, 5.41) is 4.28. The molecule has 1 amide bonds. The SMILES string of the molecule is O=C(NCCc1c[nH]c2ccccc12)C1CC1c1ccco1. The maximum absolute atomic E-state index is 12.1. The number of aromatic nitrogens is 1. The van der Waals surface area contributed by atoms with Gasteiger partial charge < -0.3 is 14.7 Å². The van der Waals surface area contributed by atoms with Crippen LogP contribution in [0, 0.1) is 5.92 Å². The molecule has 0 aliphatic heterocycles. The van der Waals surface area contributed by atoms with Crippen LogP contribution in [-0.2, 0) is 11.2 Å². The number of aromatic amines is 1. The summed E-state index contributed by atoms with van der Waals surface area (Å²) >= 11 is 0. The second-order valence-corrected chi connectivity index (χ2v) is 5.86. The van der Waals surface area contributed by atoms with E-state index < -0.39 is 0 Å². The molecule has 1 aromatic carbocycles. The van der Waals surface area contributed by atoms with Crippen LogP contribution >= 0.6 is 0 Å². The minimum absolute atomic E-state index is 0.0779. The van der Waals surface area contributed by atoms with E-state index >= 15 is 0 Å². The molecule has 3 aromatic rings. The Morgan fingerprint density at radius 3 is 3.05 bits per heavy atom. The molecule has 2 N–H and O–H groups in total. The average molecular weight is 294 g/mol. The van der Waals surface area contributed by atoms with E-state index in [4.69, 9.17) is 4.42 Å². The van der Waals surface area contributed by atoms with Crippen LogP contribution in [0.25, 0.3) is 10.9 Å². The lowest BCUT2D eigenvalue weighted by Crippen LogP contribution is -2.27. The average Bonchev–Trinajstić information content (AvgIpc) is 2.98. The van der Waals surface area contributed by atoms with Crippen LogP contribution < -0.4 is 5.32 Å². The third kappa shape index (κ3) is 2.41. The third-order valence-corrected chi connectivity index (χ3v) is 4.40. The number of rotatable bonds is 5. The molecule has 2 aromatic heterocycles. The quantitative estimate of drug-likeness (QED) is 0.759. The maximum Gasteiger partial charge on any atom is 0.223 e. The van der Waals surface area contributed by atoms with Crippen molar-refractivity contribution in [3.63, 3.8) is 0 Å². The molecule has 0 bridgehead atoms. The van der Waals surface area contributed by atoms with Crippen LogP contribution in [-0.4, -0.2) is 17.4 Å². The van der Waals surface area contributed by atoms with Crippen LogP contribution in [0.1, 0.15) is 23.7 Å². The van der Waals surface area contributed by atoms with Crippen LogP contribution in [0.2, 0.25) is 0 Å². The van der Waals surface area contributed by atoms with Gasteiger partial charge in [-0.25, -0.2) is 0 Å². The number of furan rings is 1. The van der Waals surface area contributed by atoms with Gasteiger partial charge in [0.25, 0.3) is 0 Å². The van der Waals surface area contributed by atoms with Gasteiger partial charge >= 0.3 is 0 Å². The van der Waals surface area contributed by atoms with Crippen LogP contribution in [0.3, 0.4) is 0 Å². The number of hydrogen-bond acceptors (Lipinski definition) is 2. The molecule has 4 nitrogen and oxygen atoms in total. The number of nitrogens with one attached hydrogen (secondary N) is 2. The zero-order valence-electron chi connectivity index (χ0n) is 12.2. The first kappa shape index (κ1) is 13.2. The summed E-state index contributed by atoms with van der Waals surface area (Å²) in [5.41, 5.74) is 2.39. The van der Waals surface area contributed by atoms with Crippen molar-refractivity contribution in [3.05, 3.63) is 60.2 Å². The summed E-state index contributed by atoms with van der Waals surface area (Å²) < 4.78 is 5.37. The molecule has 2 heterocycles. The molecule has 112 valence electrons. The number of benzene rings is 1. The van der Waals surface area contributed by atoms with Gasteiger partial charge in [0.05, 0.1) is 6.26 Å². The van der Waals surface area contributed by atoms with Gasteiger partial charge in [-0.15, -0.1) is 0 Å². The standard InChI is InChI=1S/C18H18N2O2/c21-18(15-10-14(15)17-6-3-9-22-17)19-8-7-12-11-20-16-5-2-1-4-13(12)16/h1-6,9,11,14-15,20H,7-8,10H2,(H,19,21). The van der Waals surface area contributed by atoms with E-state index in [1.807, 2.05) is 30.5 Å². The summed E-state index contributed by atoms with van der Waals surface area (Å²) in [7, 11) is 0. The summed E-state index contributed by atoms with van der Waals surface area (Å²) in [4.78, 5) is 15.4. The Labute approximate surface area is 128 Å². The molecule has 1 aliphatic rings. The Kier molecular flexibility index (Phi) is 3.22. The molecule has 4 heteroatoms. The van der Waals surface area contributed by atoms with Crippen LogP contribution in [0.4, 0.5) is 0 Å². The van der Waals surface area contributed by atoms with E-state index in [1.54, 1.807) is 6.26 Å². The van der Waals surface area contributed by atoms with Crippen LogP contribution in [0.5, 0.6) is 0 Å². The first-order valence-corrected chi connectivity index (χ1v) is 7.69. The van der Waals surface area contributed by atoms with Crippen molar-refractivity contribution in [2.24, 2.45) is 5.92 Å². The fourth-order valence-electron chi connectivity index (χ4n) is 3.09. The van der Waals surface area contributed by atoms with Gasteiger partial charge in [0, 0.05) is 35.5 Å². The molecule has 2 unspecified atom stereocenters. The Hall–Kier alpha value is -2.49. The van der Waals surface area contributed by atoms with Crippen molar-refractivity contribution in [1.82, 2.24) is 10.3 Å². The number of fused-ring (bicyclic) bond motifs is 1. The molecule has 2 atom stereocenters. The second kappa shape index (κ2) is 5.37. The molecule has 0 spiro atoms. The van der Waals surface area contributed by atoms with Gasteiger partial charge in [0.2, 0.25) is 5.91 Å². The lowest BCUT2D eigenvalue weighted by atomic mass is 10.1. The van der Waals surface area contributed by atoms with Gasteiger partial charge in [-0.2, -0.15) is 0 Å². The summed E-state index contributed by atoms with van der Waals surface area (Å²) in [6, 6.07) is 12.1. The number of H-pyrrole nitrogens is 1. The van der Waals surface area contributed by atoms with Crippen molar-refractivity contribution in [2.75, 3.05) is 6.54 Å². The van der Waals surface area contributed by atoms with E-state index in [9.17, 15) is 4.79 Å². The first-order chi connectivity index (χ1) is 10.8. The normalized spacial score (nSPS) is 20.2. The lowest BCUT2D eigenvalue weighted by Gasteiger charge is -2.04. The lowest BCUT2D eigenvalue weighted by molar-refractivity contribution is -0.122. The number of carbonyl (C=O) groups excluding carboxylic acids is 1. The van der Waals surface area contributed by atoms with Gasteiger partial charge in [0.1, 0.15) is 5.76 Å². The minimum atomic E-state index is 0.0779. The fraction of sp³-hybridized carbons (Fsp3) is 0.278. The molecule has 22 heavy (non-hydrogen) atoms. The predicted octanol–water partition coefficient (Wildman–Crippen LogP) is 3.22. The zero-order chi connectivity index (χ0) is 14.9. The highest BCUT2D eigenvalue weighted by atomic mass is 16.3. The summed E-state index contributed by atoms with van der Waals surface area (Å²) in [6.07, 6.45) is 5.43. The predicted molar refractivity (Wildman–Crippen MR) is 84.6 cm³/mol. The minimum Gasteiger partial charge on any atom is -0.469 e. The number of hydrogen-bond donors (Lipinski definition) is 2. The number of carbonyl (C=O) groups is 1. The largest absolute Gasteiger partial charge is 0.469 e. The highest BCUT2D eigenvalue weighted by Gasteiger charge is 2.45. The summed E-state index contributed by atoms with van der Waals surface area (Å²) in [6.45, 7) is 0.669. The van der Waals surface area contributed by atoms with Crippen molar-refractivity contribution < 1.29 is 9.21 Å². The third-order valence-electron chi connectivity index (χ3n) is 4.40. The molecule has 0 radical (unpaired) electrons. The van der Waals surface area contributed by atoms with E-state index in [1.165, 1.54) is 10.9 Å². The van der Waals surface area contributed by atoms with E-state index in [0.717, 1.165) is 24.1 Å². The second-order valence-electron chi connectivity index (χ2n) is 5.86. The Balaban J connectivity index is 1.31. The Morgan fingerprint density at radius 2 is 2.18 bits per heavy atom. The highest BCUT2D eigenvalue weighted by molar-refractivity contribution is 5.84. The molecular formula is C18H18N2O2. The smallest absolute Gasteiger partial charge is 0.223 e. The van der Waals surface area contributed by atoms with Crippen molar-refractivity contribution in [3.8, 4) is 0 Å². The highest BCUT2D eigenvalue weighted by Crippen LogP contribution is 2.47. The Morgan fingerprint density at radius 1 is 1.27 bits per heavy atom. The molecule has 1 aliphatic carbocycles. The topological polar surface area (TPSA) is 58.0 Å². The van der Waals surface area contributed by atoms with Gasteiger partial charge in [0.15, 0.2) is 0 Å². The molecule has 1 saturated carbocycles. The fourth-order valence-corrected chi connectivity index (χ4v) is 3.09. The van der Waals surface area contributed by atoms with E-state index in [-0.39, 0.29) is 17.7 Å². The first-order valence-electron chi connectivity index (χ1n) is 7.69. The molecule has 0 saturated heterocycles. The van der Waals surface area contributed by atoms with Crippen molar-refractivity contribution in [2.45, 2.75) is 18.8 Å². The van der Waals surface area contributed by atoms with Gasteiger partial charge in [-0.3, -0.25) is 4.79 Å². The Bertz CT molecular complexity index is 788. The van der Waals surface area contributed by atoms with E-state index in [2.05, 4.69) is 22.4 Å². The van der Waals surface area contributed by atoms with Gasteiger partial charge in [-0.1, -0.05) is 18.2 Å². The zero-order valence-corrected chi connectivity index (χ0v) is 12.2. The van der Waals surface area contributed by atoms with Crippen molar-refractivity contribution in [1.29, 1.82) is 0 Å². The van der Waals surface area contributed by atoms with E-state index in [0.29, 0.717) is 6.54 Å². The maximum atomic E-state index is 12.1. The molecule has 4 rings (SSSR count). The monoisotopic (exact) mass is 294 g/mol.